The molecule has 0 heterocycles. The molecule has 7 heteroatoms. The molecule has 0 amide bonds. The van der Waals surface area contributed by atoms with Crippen molar-refractivity contribution >= 4 is 38.5 Å². The highest BCUT2D eigenvalue weighted by atomic mass is 32.2. The second-order valence-corrected chi connectivity index (χ2v) is 7.28. The number of benzene rings is 3. The van der Waals surface area contributed by atoms with Crippen LogP contribution in [0.25, 0.3) is 10.8 Å². The summed E-state index contributed by atoms with van der Waals surface area (Å²) in [6.45, 7) is 1.41. The molecule has 0 atom stereocenters. The van der Waals surface area contributed by atoms with E-state index in [1.807, 2.05) is 30.3 Å². The van der Waals surface area contributed by atoms with E-state index in [0.29, 0.717) is 11.3 Å². The van der Waals surface area contributed by atoms with E-state index in [0.717, 1.165) is 10.8 Å². The van der Waals surface area contributed by atoms with Crippen molar-refractivity contribution in [1.82, 2.24) is 0 Å². The average molecular weight is 367 g/mol. The van der Waals surface area contributed by atoms with E-state index in [4.69, 9.17) is 5.73 Å². The normalized spacial score (nSPS) is 12.7. The molecule has 3 rings (SSSR count). The highest BCUT2D eigenvalue weighted by Crippen LogP contribution is 2.26. The summed E-state index contributed by atoms with van der Waals surface area (Å²) in [4.78, 5) is 4.37. The third kappa shape index (κ3) is 3.73. The number of aromatic hydroxyl groups is 1. The van der Waals surface area contributed by atoms with Crippen molar-refractivity contribution < 1.29 is 13.5 Å². The lowest BCUT2D eigenvalue weighted by molar-refractivity contribution is 0.475. The average Bonchev–Trinajstić information content (AvgIpc) is 2.60. The molecule has 3 aromatic rings. The van der Waals surface area contributed by atoms with E-state index in [2.05, 4.69) is 9.39 Å². The minimum Gasteiger partial charge on any atom is -0.507 e. The van der Waals surface area contributed by atoms with Crippen LogP contribution in [0.15, 0.2) is 74.9 Å². The summed E-state index contributed by atoms with van der Waals surface area (Å²) in [7, 11) is -3.81. The van der Waals surface area contributed by atoms with Crippen LogP contribution in [0, 0.1) is 0 Å². The van der Waals surface area contributed by atoms with E-state index >= 15 is 0 Å². The van der Waals surface area contributed by atoms with Crippen molar-refractivity contribution in [3.05, 3.63) is 66.2 Å². The van der Waals surface area contributed by atoms with Gasteiger partial charge in [0.05, 0.1) is 10.6 Å². The number of phenolic OH excluding ortho intramolecular Hbond substituents is 1. The number of phenols is 1. The number of nitrogens with zero attached hydrogens (tertiary/aromatic N) is 2. The molecule has 26 heavy (non-hydrogen) atoms. The smallest absolute Gasteiger partial charge is 0.283 e. The fraction of sp³-hybridized carbons (Fsp3) is 0.0526. The summed E-state index contributed by atoms with van der Waals surface area (Å²) < 4.78 is 27.4. The summed E-state index contributed by atoms with van der Waals surface area (Å²) >= 11 is 0. The molecule has 3 aromatic carbocycles. The summed E-state index contributed by atoms with van der Waals surface area (Å²) in [5.41, 5.74) is 6.49. The quantitative estimate of drug-likeness (QED) is 0.545. The van der Waals surface area contributed by atoms with Crippen LogP contribution in [-0.2, 0) is 10.0 Å². The Labute approximate surface area is 151 Å². The number of rotatable bonds is 4. The van der Waals surface area contributed by atoms with Crippen LogP contribution in [0.3, 0.4) is 0 Å². The van der Waals surface area contributed by atoms with Crippen LogP contribution in [0.2, 0.25) is 0 Å². The molecule has 0 aromatic heterocycles. The first-order chi connectivity index (χ1) is 12.4. The molecular formula is C19H17N3O3S. The maximum absolute atomic E-state index is 12.0. The molecule has 0 radical (unpaired) electrons. The van der Waals surface area contributed by atoms with Gasteiger partial charge in [-0.05, 0) is 48.0 Å². The maximum Gasteiger partial charge on any atom is 0.283 e. The van der Waals surface area contributed by atoms with Gasteiger partial charge in [0.15, 0.2) is 0 Å². The van der Waals surface area contributed by atoms with E-state index in [1.54, 1.807) is 24.4 Å². The van der Waals surface area contributed by atoms with E-state index in [1.165, 1.54) is 19.1 Å². The lowest BCUT2D eigenvalue weighted by atomic mass is 10.0. The Kier molecular flexibility index (Phi) is 4.73. The first-order valence-corrected chi connectivity index (χ1v) is 9.23. The first kappa shape index (κ1) is 17.6. The molecule has 132 valence electrons. The summed E-state index contributed by atoms with van der Waals surface area (Å²) in [6, 6.07) is 17.1. The number of aliphatic imine (C=N–C) groups is 1. The Balaban J connectivity index is 1.93. The van der Waals surface area contributed by atoms with Crippen LogP contribution in [0.4, 0.5) is 5.69 Å². The van der Waals surface area contributed by atoms with Crippen LogP contribution in [-0.4, -0.2) is 25.6 Å². The van der Waals surface area contributed by atoms with Gasteiger partial charge >= 0.3 is 0 Å². The number of sulfonamides is 1. The molecule has 0 aliphatic rings. The summed E-state index contributed by atoms with van der Waals surface area (Å²) in [6.07, 6.45) is 1.56. The van der Waals surface area contributed by atoms with Gasteiger partial charge in [-0.25, -0.2) is 0 Å². The number of nitrogens with two attached hydrogens (primary N) is 1. The zero-order valence-electron chi connectivity index (χ0n) is 14.0. The molecule has 0 aliphatic heterocycles. The SMILES string of the molecule is CC(N)=NS(=O)(=O)c1ccc(N=Cc2c(O)ccc3ccccc23)cc1. The van der Waals surface area contributed by atoms with Gasteiger partial charge in [0.25, 0.3) is 10.0 Å². The van der Waals surface area contributed by atoms with Gasteiger partial charge < -0.3 is 10.8 Å². The number of hydrogen-bond acceptors (Lipinski definition) is 4. The van der Waals surface area contributed by atoms with Gasteiger partial charge in [-0.1, -0.05) is 30.3 Å². The van der Waals surface area contributed by atoms with Crippen molar-refractivity contribution in [3.63, 3.8) is 0 Å². The van der Waals surface area contributed by atoms with Gasteiger partial charge in [-0.15, -0.1) is 4.40 Å². The van der Waals surface area contributed by atoms with Crippen LogP contribution in [0.1, 0.15) is 12.5 Å². The van der Waals surface area contributed by atoms with Gasteiger partial charge in [-0.3, -0.25) is 4.99 Å². The highest BCUT2D eigenvalue weighted by Gasteiger charge is 2.12. The van der Waals surface area contributed by atoms with Crippen molar-refractivity contribution in [2.24, 2.45) is 15.1 Å². The molecule has 0 bridgehead atoms. The highest BCUT2D eigenvalue weighted by molar-refractivity contribution is 7.90. The zero-order chi connectivity index (χ0) is 18.7. The molecule has 6 nitrogen and oxygen atoms in total. The Morgan fingerprint density at radius 3 is 2.42 bits per heavy atom. The van der Waals surface area contributed by atoms with Gasteiger partial charge in [0.1, 0.15) is 11.6 Å². The number of hydrogen-bond donors (Lipinski definition) is 2. The molecular weight excluding hydrogens is 350 g/mol. The van der Waals surface area contributed by atoms with Gasteiger partial charge in [-0.2, -0.15) is 8.42 Å². The minimum absolute atomic E-state index is 0.0291. The maximum atomic E-state index is 12.0. The largest absolute Gasteiger partial charge is 0.507 e. The van der Waals surface area contributed by atoms with E-state index in [9.17, 15) is 13.5 Å². The fourth-order valence-corrected chi connectivity index (χ4v) is 3.47. The third-order valence-electron chi connectivity index (χ3n) is 3.69. The third-order valence-corrected chi connectivity index (χ3v) is 5.09. The Hall–Kier alpha value is -3.19. The predicted octanol–water partition coefficient (Wildman–Crippen LogP) is 3.36. The first-order valence-electron chi connectivity index (χ1n) is 7.79. The second kappa shape index (κ2) is 6.97. The number of amidine groups is 1. The lowest BCUT2D eigenvalue weighted by Gasteiger charge is -2.05. The zero-order valence-corrected chi connectivity index (χ0v) is 14.8. The van der Waals surface area contributed by atoms with Gasteiger partial charge in [0.2, 0.25) is 0 Å². The fourth-order valence-electron chi connectivity index (χ4n) is 2.51. The molecule has 0 saturated carbocycles. The van der Waals surface area contributed by atoms with Crippen molar-refractivity contribution in [1.29, 1.82) is 0 Å². The van der Waals surface area contributed by atoms with Crippen LogP contribution in [0.5, 0.6) is 5.75 Å². The predicted molar refractivity (Wildman–Crippen MR) is 104 cm³/mol. The van der Waals surface area contributed by atoms with Crippen molar-refractivity contribution in [2.75, 3.05) is 0 Å². The molecule has 0 unspecified atom stereocenters. The minimum atomic E-state index is -3.81. The second-order valence-electron chi connectivity index (χ2n) is 5.68. The van der Waals surface area contributed by atoms with E-state index < -0.39 is 10.0 Å². The molecule has 0 spiro atoms. The van der Waals surface area contributed by atoms with Crippen molar-refractivity contribution in [2.45, 2.75) is 11.8 Å². The lowest BCUT2D eigenvalue weighted by Crippen LogP contribution is -2.09. The van der Waals surface area contributed by atoms with E-state index in [-0.39, 0.29) is 16.5 Å². The Morgan fingerprint density at radius 1 is 1.04 bits per heavy atom. The monoisotopic (exact) mass is 367 g/mol. The Morgan fingerprint density at radius 2 is 1.73 bits per heavy atom. The van der Waals surface area contributed by atoms with Gasteiger partial charge in [0, 0.05) is 11.8 Å². The molecule has 3 N–H and O–H groups in total. The molecule has 0 aliphatic carbocycles. The topological polar surface area (TPSA) is 105 Å². The van der Waals surface area contributed by atoms with Crippen molar-refractivity contribution in [3.8, 4) is 5.75 Å². The molecule has 0 saturated heterocycles. The molecule has 0 fully saturated rings. The van der Waals surface area contributed by atoms with Crippen LogP contribution < -0.4 is 5.73 Å². The Bertz CT molecular complexity index is 1110. The summed E-state index contributed by atoms with van der Waals surface area (Å²) in [5, 5.41) is 12.0. The summed E-state index contributed by atoms with van der Waals surface area (Å²) in [5.74, 6) is 0.0953. The van der Waals surface area contributed by atoms with Crippen LogP contribution >= 0.6 is 0 Å². The standard InChI is InChI=1S/C19H17N3O3S/c1-13(20)22-26(24,25)16-9-7-15(8-10-16)21-12-18-17-5-3-2-4-14(17)6-11-19(18)23/h2-12,23H,1H3,(H2,20,22). The number of fused-ring (bicyclic) bond motifs is 1.